The number of hydrogen-bond donors (Lipinski definition) is 1. The van der Waals surface area contributed by atoms with Gasteiger partial charge >= 0.3 is 0 Å². The number of unbranched alkanes of at least 4 members (excludes halogenated alkanes) is 2. The molecule has 0 radical (unpaired) electrons. The van der Waals surface area contributed by atoms with Crippen LogP contribution in [-0.4, -0.2) is 11.6 Å². The van der Waals surface area contributed by atoms with Crippen molar-refractivity contribution < 1.29 is 4.79 Å². The molecule has 1 N–H and O–H groups in total. The van der Waals surface area contributed by atoms with Gasteiger partial charge in [-0.15, -0.1) is 0 Å². The number of rotatable bonds is 7. The summed E-state index contributed by atoms with van der Waals surface area (Å²) >= 11 is 3.37. The van der Waals surface area contributed by atoms with E-state index in [2.05, 4.69) is 33.4 Å². The van der Waals surface area contributed by atoms with Gasteiger partial charge in [0.1, 0.15) is 0 Å². The van der Waals surface area contributed by atoms with E-state index in [0.717, 1.165) is 41.4 Å². The van der Waals surface area contributed by atoms with Crippen molar-refractivity contribution in [2.24, 2.45) is 5.10 Å². The van der Waals surface area contributed by atoms with Crippen LogP contribution in [0.5, 0.6) is 0 Å². The predicted molar refractivity (Wildman–Crippen MR) is 98.7 cm³/mol. The Labute approximate surface area is 145 Å². The second-order valence-electron chi connectivity index (χ2n) is 5.33. The van der Waals surface area contributed by atoms with Gasteiger partial charge in [-0.05, 0) is 36.6 Å². The molecular weight excluding hydrogens is 352 g/mol. The first-order chi connectivity index (χ1) is 11.2. The van der Waals surface area contributed by atoms with Gasteiger partial charge in [-0.2, -0.15) is 5.10 Å². The molecule has 120 valence electrons. The average molecular weight is 373 g/mol. The fourth-order valence-electron chi connectivity index (χ4n) is 2.25. The predicted octanol–water partition coefficient (Wildman–Crippen LogP) is 5.16. The summed E-state index contributed by atoms with van der Waals surface area (Å²) in [4.78, 5) is 12.2. The molecule has 2 aromatic rings. The van der Waals surface area contributed by atoms with Crippen LogP contribution in [0.2, 0.25) is 0 Å². The molecule has 0 aliphatic carbocycles. The lowest BCUT2D eigenvalue weighted by Gasteiger charge is -2.08. The Morgan fingerprint density at radius 1 is 1.04 bits per heavy atom. The van der Waals surface area contributed by atoms with Gasteiger partial charge in [0.05, 0.1) is 5.71 Å². The minimum Gasteiger partial charge on any atom is -0.267 e. The number of benzene rings is 2. The van der Waals surface area contributed by atoms with Crippen molar-refractivity contribution in [3.05, 3.63) is 70.2 Å². The molecule has 0 atom stereocenters. The second-order valence-corrected chi connectivity index (χ2v) is 6.25. The minimum absolute atomic E-state index is 0.199. The standard InChI is InChI=1S/C19H21BrN2O/c1-2-3-5-13-18(15-9-6-4-7-10-15)21-22-19(23)16-11-8-12-17(20)14-16/h4,6-12,14H,2-3,5,13H2,1H3,(H,22,23)/b21-18-. The SMILES string of the molecule is CCCCC/C(=N/NC(=O)c1cccc(Br)c1)c1ccccc1. The maximum Gasteiger partial charge on any atom is 0.271 e. The molecule has 2 aromatic carbocycles. The molecule has 0 heterocycles. The third-order valence-corrected chi connectivity index (χ3v) is 4.00. The molecule has 0 aliphatic heterocycles. The number of hydrazone groups is 1. The number of amides is 1. The van der Waals surface area contributed by atoms with Crippen LogP contribution >= 0.6 is 15.9 Å². The van der Waals surface area contributed by atoms with Crippen molar-refractivity contribution in [3.8, 4) is 0 Å². The Morgan fingerprint density at radius 2 is 1.78 bits per heavy atom. The number of nitrogens with zero attached hydrogens (tertiary/aromatic N) is 1. The summed E-state index contributed by atoms with van der Waals surface area (Å²) in [6, 6.07) is 17.3. The second kappa shape index (κ2) is 9.26. The molecule has 0 aromatic heterocycles. The van der Waals surface area contributed by atoms with E-state index in [1.165, 1.54) is 0 Å². The Bertz CT molecular complexity index is 668. The first-order valence-corrected chi connectivity index (χ1v) is 8.68. The van der Waals surface area contributed by atoms with Crippen LogP contribution in [0.1, 0.15) is 48.5 Å². The first-order valence-electron chi connectivity index (χ1n) is 7.88. The Balaban J connectivity index is 2.11. The van der Waals surface area contributed by atoms with E-state index in [-0.39, 0.29) is 5.91 Å². The fraction of sp³-hybridized carbons (Fsp3) is 0.263. The summed E-state index contributed by atoms with van der Waals surface area (Å²) in [6.07, 6.45) is 4.24. The summed E-state index contributed by atoms with van der Waals surface area (Å²) in [6.45, 7) is 2.17. The zero-order chi connectivity index (χ0) is 16.5. The quantitative estimate of drug-likeness (QED) is 0.406. The summed E-state index contributed by atoms with van der Waals surface area (Å²) in [5.41, 5.74) is 5.24. The Morgan fingerprint density at radius 3 is 2.48 bits per heavy atom. The van der Waals surface area contributed by atoms with Gasteiger partial charge in [0.2, 0.25) is 0 Å². The normalized spacial score (nSPS) is 11.3. The molecule has 0 saturated carbocycles. The van der Waals surface area contributed by atoms with E-state index in [1.54, 1.807) is 12.1 Å². The van der Waals surface area contributed by atoms with E-state index in [0.29, 0.717) is 5.56 Å². The molecule has 0 bridgehead atoms. The molecule has 0 unspecified atom stereocenters. The van der Waals surface area contributed by atoms with Crippen molar-refractivity contribution in [1.29, 1.82) is 0 Å². The van der Waals surface area contributed by atoms with Gasteiger partial charge in [0.25, 0.3) is 5.91 Å². The highest BCUT2D eigenvalue weighted by Crippen LogP contribution is 2.12. The van der Waals surface area contributed by atoms with Crippen molar-refractivity contribution in [2.45, 2.75) is 32.6 Å². The summed E-state index contributed by atoms with van der Waals surface area (Å²) in [7, 11) is 0. The van der Waals surface area contributed by atoms with Crippen molar-refractivity contribution in [3.63, 3.8) is 0 Å². The highest BCUT2D eigenvalue weighted by molar-refractivity contribution is 9.10. The largest absolute Gasteiger partial charge is 0.271 e. The van der Waals surface area contributed by atoms with Gasteiger partial charge < -0.3 is 0 Å². The maximum absolute atomic E-state index is 12.2. The van der Waals surface area contributed by atoms with Crippen molar-refractivity contribution in [2.75, 3.05) is 0 Å². The number of nitrogens with one attached hydrogen (secondary N) is 1. The molecule has 0 fully saturated rings. The van der Waals surface area contributed by atoms with Crippen LogP contribution in [0.4, 0.5) is 0 Å². The third-order valence-electron chi connectivity index (χ3n) is 3.50. The average Bonchev–Trinajstić information content (AvgIpc) is 2.58. The van der Waals surface area contributed by atoms with E-state index in [4.69, 9.17) is 0 Å². The number of carbonyl (C=O) groups is 1. The zero-order valence-corrected chi connectivity index (χ0v) is 14.8. The molecule has 0 saturated heterocycles. The van der Waals surface area contributed by atoms with Crippen LogP contribution in [0.15, 0.2) is 64.2 Å². The molecule has 1 amide bonds. The minimum atomic E-state index is -0.199. The molecule has 3 nitrogen and oxygen atoms in total. The zero-order valence-electron chi connectivity index (χ0n) is 13.3. The van der Waals surface area contributed by atoms with E-state index < -0.39 is 0 Å². The number of halogens is 1. The Hall–Kier alpha value is -1.94. The van der Waals surface area contributed by atoms with Crippen LogP contribution in [0, 0.1) is 0 Å². The topological polar surface area (TPSA) is 41.5 Å². The molecule has 0 spiro atoms. The van der Waals surface area contributed by atoms with Gasteiger partial charge in [-0.25, -0.2) is 5.43 Å². The van der Waals surface area contributed by atoms with E-state index >= 15 is 0 Å². The fourth-order valence-corrected chi connectivity index (χ4v) is 2.65. The highest BCUT2D eigenvalue weighted by atomic mass is 79.9. The third kappa shape index (κ3) is 5.64. The molecular formula is C19H21BrN2O. The van der Waals surface area contributed by atoms with Crippen LogP contribution in [-0.2, 0) is 0 Å². The summed E-state index contributed by atoms with van der Waals surface area (Å²) in [5.74, 6) is -0.199. The lowest BCUT2D eigenvalue weighted by molar-refractivity contribution is 0.0954. The summed E-state index contributed by atoms with van der Waals surface area (Å²) < 4.78 is 0.875. The van der Waals surface area contributed by atoms with E-state index in [9.17, 15) is 4.79 Å². The van der Waals surface area contributed by atoms with Gasteiger partial charge in [-0.3, -0.25) is 4.79 Å². The van der Waals surface area contributed by atoms with E-state index in [1.807, 2.05) is 42.5 Å². The van der Waals surface area contributed by atoms with Crippen molar-refractivity contribution in [1.82, 2.24) is 5.43 Å². The molecule has 0 aliphatic rings. The molecule has 2 rings (SSSR count). The van der Waals surface area contributed by atoms with Crippen LogP contribution in [0.25, 0.3) is 0 Å². The summed E-state index contributed by atoms with van der Waals surface area (Å²) in [5, 5.41) is 4.37. The first kappa shape index (κ1) is 17.4. The maximum atomic E-state index is 12.2. The van der Waals surface area contributed by atoms with Gasteiger partial charge in [0, 0.05) is 10.0 Å². The smallest absolute Gasteiger partial charge is 0.267 e. The lowest BCUT2D eigenvalue weighted by Crippen LogP contribution is -2.20. The van der Waals surface area contributed by atoms with Crippen LogP contribution in [0.3, 0.4) is 0 Å². The highest BCUT2D eigenvalue weighted by Gasteiger charge is 2.07. The van der Waals surface area contributed by atoms with Gasteiger partial charge in [0.15, 0.2) is 0 Å². The van der Waals surface area contributed by atoms with Crippen molar-refractivity contribution >= 4 is 27.5 Å². The molecule has 4 heteroatoms. The van der Waals surface area contributed by atoms with Gasteiger partial charge in [-0.1, -0.05) is 72.1 Å². The lowest BCUT2D eigenvalue weighted by atomic mass is 10.0. The Kier molecular flexibility index (Phi) is 7.01. The van der Waals surface area contributed by atoms with Crippen LogP contribution < -0.4 is 5.43 Å². The monoisotopic (exact) mass is 372 g/mol. The molecule has 23 heavy (non-hydrogen) atoms. The number of hydrogen-bond acceptors (Lipinski definition) is 2. The number of carbonyl (C=O) groups excluding carboxylic acids is 1.